The third-order valence-corrected chi connectivity index (χ3v) is 2.91. The van der Waals surface area contributed by atoms with E-state index >= 15 is 0 Å². The summed E-state index contributed by atoms with van der Waals surface area (Å²) in [6.07, 6.45) is 13.4. The van der Waals surface area contributed by atoms with E-state index in [0.717, 1.165) is 22.3 Å². The van der Waals surface area contributed by atoms with Crippen molar-refractivity contribution in [1.29, 1.82) is 0 Å². The Labute approximate surface area is 122 Å². The summed E-state index contributed by atoms with van der Waals surface area (Å²) in [5.74, 6) is 0.187. The third kappa shape index (κ3) is 3.61. The molecule has 0 radical (unpaired) electrons. The van der Waals surface area contributed by atoms with Crippen LogP contribution in [0.5, 0.6) is 0 Å². The van der Waals surface area contributed by atoms with Crippen LogP contribution in [0.2, 0.25) is 0 Å². The molecule has 1 aromatic rings. The van der Waals surface area contributed by atoms with Crippen molar-refractivity contribution in [3.8, 4) is 0 Å². The van der Waals surface area contributed by atoms with Gasteiger partial charge >= 0.3 is 0 Å². The van der Waals surface area contributed by atoms with E-state index in [2.05, 4.69) is 24.8 Å². The maximum Gasteiger partial charge on any atom is 0.122 e. The van der Waals surface area contributed by atoms with Gasteiger partial charge in [-0.15, -0.1) is 0 Å². The van der Waals surface area contributed by atoms with Gasteiger partial charge in [-0.1, -0.05) is 61.2 Å². The highest BCUT2D eigenvalue weighted by atomic mass is 16.3. The SMILES string of the molecule is C=C/C(O)=C(\C=C/C)c1cccc(/C=C/C)c1/C=C\C. The highest BCUT2D eigenvalue weighted by Crippen LogP contribution is 2.28. The van der Waals surface area contributed by atoms with Crippen LogP contribution in [-0.2, 0) is 0 Å². The van der Waals surface area contributed by atoms with Gasteiger partial charge in [0.05, 0.1) is 0 Å². The second kappa shape index (κ2) is 8.00. The highest BCUT2D eigenvalue weighted by molar-refractivity contribution is 5.85. The summed E-state index contributed by atoms with van der Waals surface area (Å²) in [7, 11) is 0. The number of allylic oxidation sites excluding steroid dienone is 6. The molecule has 0 aliphatic heterocycles. The predicted octanol–water partition coefficient (Wildman–Crippen LogP) is 5.78. The molecule has 0 amide bonds. The van der Waals surface area contributed by atoms with E-state index in [4.69, 9.17) is 0 Å². The highest BCUT2D eigenvalue weighted by Gasteiger charge is 2.09. The summed E-state index contributed by atoms with van der Waals surface area (Å²) >= 11 is 0. The van der Waals surface area contributed by atoms with Crippen LogP contribution in [0.15, 0.2) is 60.9 Å². The molecule has 1 nitrogen and oxygen atoms in total. The quantitative estimate of drug-likeness (QED) is 0.528. The molecule has 0 unspecified atom stereocenters. The molecule has 0 aliphatic carbocycles. The fraction of sp³-hybridized carbons (Fsp3) is 0.158. The van der Waals surface area contributed by atoms with E-state index in [1.54, 1.807) is 0 Å². The first kappa shape index (κ1) is 15.8. The van der Waals surface area contributed by atoms with Crippen LogP contribution < -0.4 is 0 Å². The molecule has 1 N–H and O–H groups in total. The Hall–Kier alpha value is -2.28. The number of rotatable bonds is 5. The lowest BCUT2D eigenvalue weighted by molar-refractivity contribution is 0.436. The molecule has 0 atom stereocenters. The molecule has 0 heterocycles. The van der Waals surface area contributed by atoms with Gasteiger partial charge in [-0.25, -0.2) is 0 Å². The normalized spacial score (nSPS) is 13.3. The van der Waals surface area contributed by atoms with Crippen molar-refractivity contribution in [2.24, 2.45) is 0 Å². The molecule has 20 heavy (non-hydrogen) atoms. The largest absolute Gasteiger partial charge is 0.507 e. The lowest BCUT2D eigenvalue weighted by Crippen LogP contribution is -1.93. The monoisotopic (exact) mass is 266 g/mol. The van der Waals surface area contributed by atoms with Crippen LogP contribution >= 0.6 is 0 Å². The molecule has 0 aliphatic rings. The van der Waals surface area contributed by atoms with Crippen LogP contribution in [-0.4, -0.2) is 5.11 Å². The minimum atomic E-state index is 0.187. The molecule has 0 saturated carbocycles. The molecule has 0 spiro atoms. The molecule has 1 heteroatoms. The van der Waals surface area contributed by atoms with Gasteiger partial charge < -0.3 is 5.11 Å². The zero-order chi connectivity index (χ0) is 15.0. The van der Waals surface area contributed by atoms with E-state index in [1.807, 2.05) is 57.2 Å². The van der Waals surface area contributed by atoms with Gasteiger partial charge in [0, 0.05) is 5.57 Å². The fourth-order valence-electron chi connectivity index (χ4n) is 2.09. The third-order valence-electron chi connectivity index (χ3n) is 2.91. The Bertz CT molecular complexity index is 584. The summed E-state index contributed by atoms with van der Waals surface area (Å²) < 4.78 is 0. The maximum atomic E-state index is 10.1. The summed E-state index contributed by atoms with van der Waals surface area (Å²) in [5, 5.41) is 10.1. The van der Waals surface area contributed by atoms with Crippen LogP contribution in [0.1, 0.15) is 37.5 Å². The van der Waals surface area contributed by atoms with Crippen molar-refractivity contribution in [2.45, 2.75) is 20.8 Å². The van der Waals surface area contributed by atoms with Crippen molar-refractivity contribution >= 4 is 17.7 Å². The molecular weight excluding hydrogens is 244 g/mol. The van der Waals surface area contributed by atoms with E-state index in [-0.39, 0.29) is 5.76 Å². The number of benzene rings is 1. The lowest BCUT2D eigenvalue weighted by Gasteiger charge is -2.12. The molecule has 0 aromatic heterocycles. The van der Waals surface area contributed by atoms with Crippen LogP contribution in [0.3, 0.4) is 0 Å². The van der Waals surface area contributed by atoms with Crippen molar-refractivity contribution in [2.75, 3.05) is 0 Å². The molecular formula is C19H22O. The molecule has 104 valence electrons. The Morgan fingerprint density at radius 3 is 2.30 bits per heavy atom. The minimum Gasteiger partial charge on any atom is -0.507 e. The van der Waals surface area contributed by atoms with Crippen molar-refractivity contribution < 1.29 is 5.11 Å². The first-order valence-corrected chi connectivity index (χ1v) is 6.76. The lowest BCUT2D eigenvalue weighted by atomic mass is 9.93. The van der Waals surface area contributed by atoms with Gasteiger partial charge in [-0.2, -0.15) is 0 Å². The Morgan fingerprint density at radius 2 is 1.75 bits per heavy atom. The smallest absolute Gasteiger partial charge is 0.122 e. The first-order valence-electron chi connectivity index (χ1n) is 6.76. The topological polar surface area (TPSA) is 20.2 Å². The molecule has 0 bridgehead atoms. The van der Waals surface area contributed by atoms with Crippen molar-refractivity contribution in [3.63, 3.8) is 0 Å². The predicted molar refractivity (Wildman–Crippen MR) is 90.4 cm³/mol. The van der Waals surface area contributed by atoms with Crippen LogP contribution in [0.25, 0.3) is 17.7 Å². The Morgan fingerprint density at radius 1 is 1.05 bits per heavy atom. The summed E-state index contributed by atoms with van der Waals surface area (Å²) in [6.45, 7) is 9.57. The number of aliphatic hydroxyl groups excluding tert-OH is 1. The van der Waals surface area contributed by atoms with Crippen molar-refractivity contribution in [1.82, 2.24) is 0 Å². The van der Waals surface area contributed by atoms with E-state index < -0.39 is 0 Å². The second-order valence-corrected chi connectivity index (χ2v) is 4.31. The maximum absolute atomic E-state index is 10.1. The average molecular weight is 266 g/mol. The molecule has 1 rings (SSSR count). The van der Waals surface area contributed by atoms with E-state index in [9.17, 15) is 5.11 Å². The van der Waals surface area contributed by atoms with Crippen molar-refractivity contribution in [3.05, 3.63) is 77.6 Å². The van der Waals surface area contributed by atoms with Gasteiger partial charge in [-0.05, 0) is 43.5 Å². The zero-order valence-electron chi connectivity index (χ0n) is 12.4. The standard InChI is InChI=1S/C19H22O/c1-5-10-15-13-9-14-17(16(15)11-6-2)18(12-7-3)19(20)8-4/h5-14,20H,4H2,1-3H3/b10-5+,11-6-,12-7-,19-18-. The van der Waals surface area contributed by atoms with E-state index in [1.165, 1.54) is 6.08 Å². The Balaban J connectivity index is 3.66. The number of hydrogen-bond acceptors (Lipinski definition) is 1. The average Bonchev–Trinajstić information content (AvgIpc) is 2.46. The molecule has 0 saturated heterocycles. The van der Waals surface area contributed by atoms with Gasteiger partial charge in [0.25, 0.3) is 0 Å². The number of aliphatic hydroxyl groups is 1. The molecule has 0 fully saturated rings. The van der Waals surface area contributed by atoms with E-state index in [0.29, 0.717) is 0 Å². The zero-order valence-corrected chi connectivity index (χ0v) is 12.4. The van der Waals surface area contributed by atoms with Gasteiger partial charge in [0.1, 0.15) is 5.76 Å². The summed E-state index contributed by atoms with van der Waals surface area (Å²) in [6, 6.07) is 6.08. The van der Waals surface area contributed by atoms with Gasteiger partial charge in [0.2, 0.25) is 0 Å². The van der Waals surface area contributed by atoms with Gasteiger partial charge in [0.15, 0.2) is 0 Å². The number of hydrogen-bond donors (Lipinski definition) is 1. The minimum absolute atomic E-state index is 0.187. The van der Waals surface area contributed by atoms with Crippen LogP contribution in [0, 0.1) is 0 Å². The molecule has 1 aromatic carbocycles. The first-order chi connectivity index (χ1) is 9.69. The summed E-state index contributed by atoms with van der Waals surface area (Å²) in [4.78, 5) is 0. The summed E-state index contributed by atoms with van der Waals surface area (Å²) in [5.41, 5.74) is 3.99. The Kier molecular flexibility index (Phi) is 6.31. The fourth-order valence-corrected chi connectivity index (χ4v) is 2.09. The second-order valence-electron chi connectivity index (χ2n) is 4.31. The van der Waals surface area contributed by atoms with Crippen LogP contribution in [0.4, 0.5) is 0 Å². The van der Waals surface area contributed by atoms with Gasteiger partial charge in [-0.3, -0.25) is 0 Å².